The number of unbranched alkanes of at least 4 members (excludes halogenated alkanes) is 8. The number of aliphatic hydroxyl groups excluding tert-OH is 4. The Bertz CT molecular complexity index is 825. The van der Waals surface area contributed by atoms with Crippen molar-refractivity contribution in [2.45, 2.75) is 147 Å². The molecular weight excluding hydrogens is 568 g/mol. The molecule has 10 heteroatoms. The van der Waals surface area contributed by atoms with Crippen LogP contribution in [0, 0.1) is 0 Å². The van der Waals surface area contributed by atoms with Crippen molar-refractivity contribution in [2.24, 2.45) is 0 Å². The predicted molar refractivity (Wildman–Crippen MR) is 169 cm³/mol. The Hall–Kier alpha value is -2.08. The molecule has 0 saturated carbocycles. The van der Waals surface area contributed by atoms with Crippen LogP contribution in [0.5, 0.6) is 0 Å². The zero-order chi connectivity index (χ0) is 32.4. The van der Waals surface area contributed by atoms with Crippen LogP contribution in [0.25, 0.3) is 0 Å². The number of hydrogen-bond acceptors (Lipinski definition) is 10. The predicted octanol–water partition coefficient (Wildman–Crippen LogP) is 4.82. The summed E-state index contributed by atoms with van der Waals surface area (Å²) >= 11 is 0. The van der Waals surface area contributed by atoms with Gasteiger partial charge in [-0.25, -0.2) is 0 Å². The SMILES string of the molecule is CC/C=C\C/C=C\C/C=C\CCCCCCCC(=O)OC(COC(=O)CCCCCC)COC1OC(CO)C(O)C(O)C1O. The summed E-state index contributed by atoms with van der Waals surface area (Å²) in [6.07, 6.45) is 18.0. The van der Waals surface area contributed by atoms with Crippen molar-refractivity contribution in [3.63, 3.8) is 0 Å². The molecule has 1 saturated heterocycles. The molecule has 0 radical (unpaired) electrons. The first-order chi connectivity index (χ1) is 21.3. The van der Waals surface area contributed by atoms with E-state index < -0.39 is 55.4 Å². The zero-order valence-corrected chi connectivity index (χ0v) is 26.9. The van der Waals surface area contributed by atoms with Gasteiger partial charge in [0.25, 0.3) is 0 Å². The van der Waals surface area contributed by atoms with Crippen LogP contribution in [-0.2, 0) is 28.5 Å². The molecule has 254 valence electrons. The summed E-state index contributed by atoms with van der Waals surface area (Å²) in [5.74, 6) is -0.853. The molecule has 1 aliphatic heterocycles. The minimum Gasteiger partial charge on any atom is -0.462 e. The Labute approximate surface area is 264 Å². The van der Waals surface area contributed by atoms with Gasteiger partial charge in [-0.05, 0) is 44.9 Å². The second-order valence-electron chi connectivity index (χ2n) is 11.2. The molecule has 1 heterocycles. The Morgan fingerprint density at radius 3 is 2.02 bits per heavy atom. The van der Waals surface area contributed by atoms with Crippen LogP contribution in [0.4, 0.5) is 0 Å². The molecule has 4 N–H and O–H groups in total. The normalized spacial score (nSPS) is 23.1. The molecule has 1 fully saturated rings. The van der Waals surface area contributed by atoms with Crippen LogP contribution in [-0.4, -0.2) is 89.0 Å². The van der Waals surface area contributed by atoms with E-state index in [1.807, 2.05) is 0 Å². The van der Waals surface area contributed by atoms with E-state index >= 15 is 0 Å². The molecule has 10 nitrogen and oxygen atoms in total. The average molecular weight is 627 g/mol. The first-order valence-corrected chi connectivity index (χ1v) is 16.6. The van der Waals surface area contributed by atoms with Gasteiger partial charge in [0.2, 0.25) is 0 Å². The number of ether oxygens (including phenoxy) is 4. The van der Waals surface area contributed by atoms with E-state index in [0.29, 0.717) is 12.8 Å². The maximum atomic E-state index is 12.6. The van der Waals surface area contributed by atoms with Gasteiger partial charge in [0.1, 0.15) is 31.0 Å². The van der Waals surface area contributed by atoms with Crippen LogP contribution in [0.1, 0.15) is 110 Å². The monoisotopic (exact) mass is 626 g/mol. The number of esters is 2. The first kappa shape index (κ1) is 39.9. The van der Waals surface area contributed by atoms with Gasteiger partial charge in [-0.15, -0.1) is 0 Å². The molecule has 0 aromatic heterocycles. The average Bonchev–Trinajstić information content (AvgIpc) is 3.02. The van der Waals surface area contributed by atoms with Gasteiger partial charge in [0, 0.05) is 12.8 Å². The first-order valence-electron chi connectivity index (χ1n) is 16.6. The zero-order valence-electron chi connectivity index (χ0n) is 26.9. The smallest absolute Gasteiger partial charge is 0.306 e. The number of aliphatic hydroxyl groups is 4. The summed E-state index contributed by atoms with van der Waals surface area (Å²) < 4.78 is 21.8. The second-order valence-corrected chi connectivity index (χ2v) is 11.2. The maximum Gasteiger partial charge on any atom is 0.306 e. The summed E-state index contributed by atoms with van der Waals surface area (Å²) in [5, 5.41) is 39.6. The third kappa shape index (κ3) is 18.7. The lowest BCUT2D eigenvalue weighted by Crippen LogP contribution is -2.59. The summed E-state index contributed by atoms with van der Waals surface area (Å²) in [7, 11) is 0. The lowest BCUT2D eigenvalue weighted by atomic mass is 9.99. The topological polar surface area (TPSA) is 152 Å². The largest absolute Gasteiger partial charge is 0.462 e. The molecule has 6 atom stereocenters. The number of carbonyl (C=O) groups is 2. The minimum atomic E-state index is -1.59. The summed E-state index contributed by atoms with van der Waals surface area (Å²) in [6, 6.07) is 0. The molecule has 0 spiro atoms. The molecule has 6 unspecified atom stereocenters. The molecular formula is C34H58O10. The van der Waals surface area contributed by atoms with E-state index in [2.05, 4.69) is 50.3 Å². The highest BCUT2D eigenvalue weighted by atomic mass is 16.7. The van der Waals surface area contributed by atoms with Gasteiger partial charge in [-0.2, -0.15) is 0 Å². The third-order valence-electron chi connectivity index (χ3n) is 7.29. The molecule has 0 aliphatic carbocycles. The van der Waals surface area contributed by atoms with E-state index in [-0.39, 0.29) is 26.1 Å². The Balaban J connectivity index is 2.40. The third-order valence-corrected chi connectivity index (χ3v) is 7.29. The number of hydrogen-bond donors (Lipinski definition) is 4. The quantitative estimate of drug-likeness (QED) is 0.0631. The van der Waals surface area contributed by atoms with E-state index in [4.69, 9.17) is 18.9 Å². The molecule has 0 bridgehead atoms. The fourth-order valence-electron chi connectivity index (χ4n) is 4.61. The fraction of sp³-hybridized carbons (Fsp3) is 0.765. The van der Waals surface area contributed by atoms with Gasteiger partial charge in [-0.3, -0.25) is 9.59 Å². The number of allylic oxidation sites excluding steroid dienone is 6. The molecule has 1 aliphatic rings. The van der Waals surface area contributed by atoms with E-state index in [0.717, 1.165) is 70.6 Å². The van der Waals surface area contributed by atoms with Crippen LogP contribution in [0.15, 0.2) is 36.5 Å². The summed E-state index contributed by atoms with van der Waals surface area (Å²) in [6.45, 7) is 3.11. The number of carbonyl (C=O) groups excluding carboxylic acids is 2. The van der Waals surface area contributed by atoms with Gasteiger partial charge in [0.05, 0.1) is 13.2 Å². The van der Waals surface area contributed by atoms with Gasteiger partial charge < -0.3 is 39.4 Å². The van der Waals surface area contributed by atoms with Crippen molar-refractivity contribution in [1.82, 2.24) is 0 Å². The lowest BCUT2D eigenvalue weighted by Gasteiger charge is -2.39. The molecule has 44 heavy (non-hydrogen) atoms. The van der Waals surface area contributed by atoms with Gasteiger partial charge in [0.15, 0.2) is 12.4 Å². The molecule has 0 amide bonds. The van der Waals surface area contributed by atoms with Crippen molar-refractivity contribution in [2.75, 3.05) is 19.8 Å². The van der Waals surface area contributed by atoms with Crippen LogP contribution in [0.3, 0.4) is 0 Å². The van der Waals surface area contributed by atoms with Gasteiger partial charge >= 0.3 is 11.9 Å². The Kier molecular flexibility index (Phi) is 23.8. The van der Waals surface area contributed by atoms with E-state index in [1.54, 1.807) is 0 Å². The van der Waals surface area contributed by atoms with Gasteiger partial charge in [-0.1, -0.05) is 88.8 Å². The summed E-state index contributed by atoms with van der Waals surface area (Å²) in [5.41, 5.74) is 0. The van der Waals surface area contributed by atoms with Crippen LogP contribution < -0.4 is 0 Å². The molecule has 1 rings (SSSR count). The highest BCUT2D eigenvalue weighted by molar-refractivity contribution is 5.70. The lowest BCUT2D eigenvalue weighted by molar-refractivity contribution is -0.305. The standard InChI is InChI=1S/C34H58O10/c1-3-5-7-9-10-11-12-13-14-15-16-17-18-19-21-23-30(37)43-27(25-41-29(36)22-20-8-6-4-2)26-42-34-33(40)32(39)31(38)28(24-35)44-34/h5,7,10-11,13-14,27-28,31-35,38-40H,3-4,6,8-9,12,15-26H2,1-2H3/b7-5-,11-10-,14-13-. The highest BCUT2D eigenvalue weighted by Gasteiger charge is 2.44. The molecule has 0 aromatic rings. The van der Waals surface area contributed by atoms with Crippen molar-refractivity contribution < 1.29 is 49.0 Å². The Morgan fingerprint density at radius 1 is 0.727 bits per heavy atom. The minimum absolute atomic E-state index is 0.210. The van der Waals surface area contributed by atoms with Crippen molar-refractivity contribution in [3.05, 3.63) is 36.5 Å². The highest BCUT2D eigenvalue weighted by Crippen LogP contribution is 2.22. The van der Waals surface area contributed by atoms with Crippen LogP contribution in [0.2, 0.25) is 0 Å². The summed E-state index contributed by atoms with van der Waals surface area (Å²) in [4.78, 5) is 24.7. The number of rotatable bonds is 25. The van der Waals surface area contributed by atoms with Crippen molar-refractivity contribution in [3.8, 4) is 0 Å². The van der Waals surface area contributed by atoms with E-state index in [1.165, 1.54) is 0 Å². The molecule has 0 aromatic carbocycles. The van der Waals surface area contributed by atoms with E-state index in [9.17, 15) is 30.0 Å². The van der Waals surface area contributed by atoms with Crippen molar-refractivity contribution >= 4 is 11.9 Å². The second kappa shape index (κ2) is 26.2. The van der Waals surface area contributed by atoms with Crippen LogP contribution >= 0.6 is 0 Å². The fourth-order valence-corrected chi connectivity index (χ4v) is 4.61. The van der Waals surface area contributed by atoms with Crippen molar-refractivity contribution in [1.29, 1.82) is 0 Å². The Morgan fingerprint density at radius 2 is 1.34 bits per heavy atom. The maximum absolute atomic E-state index is 12.6.